The van der Waals surface area contributed by atoms with Gasteiger partial charge in [0.05, 0.1) is 25.0 Å². The average molecular weight is 427 g/mol. The molecule has 0 aliphatic heterocycles. The van der Waals surface area contributed by atoms with Crippen LogP contribution in [0.4, 0.5) is 17.6 Å². The molecule has 9 heteroatoms. The molecule has 0 bridgehead atoms. The Morgan fingerprint density at radius 3 is 2.18 bits per heavy atom. The molecule has 0 spiro atoms. The highest BCUT2D eigenvalue weighted by Gasteiger charge is 2.35. The lowest BCUT2D eigenvalue weighted by Gasteiger charge is -2.11. The van der Waals surface area contributed by atoms with Crippen LogP contribution in [0.5, 0.6) is 5.75 Å². The van der Waals surface area contributed by atoms with E-state index in [-0.39, 0.29) is 13.0 Å². The van der Waals surface area contributed by atoms with Crippen LogP contribution in [-0.2, 0) is 20.5 Å². The summed E-state index contributed by atoms with van der Waals surface area (Å²) in [6.07, 6.45) is 0.123. The molecule has 1 rings (SSSR count). The molecular formula is C19H23ClF4O4. The first-order chi connectivity index (χ1) is 13.3. The summed E-state index contributed by atoms with van der Waals surface area (Å²) in [5.41, 5.74) is -1.53. The Hall–Kier alpha value is -1.83. The maximum atomic E-state index is 13.8. The van der Waals surface area contributed by atoms with Crippen LogP contribution >= 0.6 is 11.6 Å². The molecule has 0 saturated carbocycles. The topological polar surface area (TPSA) is 52.6 Å². The quantitative estimate of drug-likeness (QED) is 0.142. The first-order valence-corrected chi connectivity index (χ1v) is 9.57. The van der Waals surface area contributed by atoms with E-state index in [9.17, 15) is 27.2 Å². The van der Waals surface area contributed by atoms with Crippen molar-refractivity contribution in [3.63, 3.8) is 0 Å². The number of benzene rings is 1. The molecule has 1 aromatic carbocycles. The normalized spacial score (nSPS) is 11.3. The number of carbonyl (C=O) groups is 2. The Kier molecular flexibility index (Phi) is 10.9. The molecule has 28 heavy (non-hydrogen) atoms. The number of halogens is 5. The van der Waals surface area contributed by atoms with E-state index in [0.717, 1.165) is 44.2 Å². The Balaban J connectivity index is 2.27. The molecule has 0 heterocycles. The number of hydrogen-bond donors (Lipinski definition) is 0. The summed E-state index contributed by atoms with van der Waals surface area (Å²) >= 11 is 5.57. The Morgan fingerprint density at radius 2 is 1.54 bits per heavy atom. The van der Waals surface area contributed by atoms with Crippen molar-refractivity contribution < 1.29 is 36.6 Å². The van der Waals surface area contributed by atoms with Gasteiger partial charge in [0.25, 0.3) is 0 Å². The summed E-state index contributed by atoms with van der Waals surface area (Å²) in [6.45, 7) is 0.228. The van der Waals surface area contributed by atoms with Crippen LogP contribution in [0.3, 0.4) is 0 Å². The number of alkyl halides is 4. The molecule has 0 radical (unpaired) electrons. The standard InChI is InChI=1S/C19H23ClF4O4/c20-12-5-3-1-2-4-6-13-27-16(25)10-11-17(26)28-15-9-7-8-14(18(15)21)19(22,23)24/h7-9H,1-6,10-13H2. The Morgan fingerprint density at radius 1 is 0.929 bits per heavy atom. The van der Waals surface area contributed by atoms with E-state index >= 15 is 0 Å². The second-order valence-corrected chi connectivity index (χ2v) is 6.50. The van der Waals surface area contributed by atoms with Gasteiger partial charge in [-0.15, -0.1) is 11.6 Å². The van der Waals surface area contributed by atoms with Gasteiger partial charge in [0.2, 0.25) is 0 Å². The van der Waals surface area contributed by atoms with Gasteiger partial charge in [-0.25, -0.2) is 4.39 Å². The van der Waals surface area contributed by atoms with Crippen molar-refractivity contribution in [2.75, 3.05) is 12.5 Å². The van der Waals surface area contributed by atoms with E-state index in [0.29, 0.717) is 18.4 Å². The zero-order valence-electron chi connectivity index (χ0n) is 15.3. The zero-order valence-corrected chi connectivity index (χ0v) is 16.1. The van der Waals surface area contributed by atoms with Crippen molar-refractivity contribution in [3.05, 3.63) is 29.6 Å². The fourth-order valence-corrected chi connectivity index (χ4v) is 2.54. The van der Waals surface area contributed by atoms with E-state index in [1.807, 2.05) is 0 Å². The predicted octanol–water partition coefficient (Wildman–Crippen LogP) is 5.65. The minimum absolute atomic E-state index is 0.228. The highest BCUT2D eigenvalue weighted by molar-refractivity contribution is 6.17. The summed E-state index contributed by atoms with van der Waals surface area (Å²) in [6, 6.07) is 2.38. The molecule has 0 fully saturated rings. The molecular weight excluding hydrogens is 404 g/mol. The van der Waals surface area contributed by atoms with Crippen molar-refractivity contribution in [2.24, 2.45) is 0 Å². The lowest BCUT2D eigenvalue weighted by atomic mass is 10.1. The van der Waals surface area contributed by atoms with Gasteiger partial charge in [0, 0.05) is 5.88 Å². The molecule has 0 N–H and O–H groups in total. The van der Waals surface area contributed by atoms with E-state index in [2.05, 4.69) is 4.74 Å². The number of esters is 2. The van der Waals surface area contributed by atoms with Crippen LogP contribution in [0.1, 0.15) is 56.9 Å². The fraction of sp³-hybridized carbons (Fsp3) is 0.579. The number of hydrogen-bond acceptors (Lipinski definition) is 4. The number of unbranched alkanes of at least 4 members (excludes halogenated alkanes) is 5. The highest BCUT2D eigenvalue weighted by Crippen LogP contribution is 2.34. The van der Waals surface area contributed by atoms with Crippen LogP contribution in [0, 0.1) is 5.82 Å². The van der Waals surface area contributed by atoms with Crippen molar-refractivity contribution >= 4 is 23.5 Å². The van der Waals surface area contributed by atoms with Crippen LogP contribution in [0.25, 0.3) is 0 Å². The summed E-state index contributed by atoms with van der Waals surface area (Å²) in [5, 5.41) is 0. The van der Waals surface area contributed by atoms with Gasteiger partial charge in [-0.3, -0.25) is 9.59 Å². The van der Waals surface area contributed by atoms with Crippen molar-refractivity contribution in [2.45, 2.75) is 57.5 Å². The summed E-state index contributed by atoms with van der Waals surface area (Å²) in [5.74, 6) is -3.49. The van der Waals surface area contributed by atoms with Crippen molar-refractivity contribution in [1.29, 1.82) is 0 Å². The zero-order chi connectivity index (χ0) is 21.0. The molecule has 0 saturated heterocycles. The highest BCUT2D eigenvalue weighted by atomic mass is 35.5. The molecule has 0 aliphatic carbocycles. The van der Waals surface area contributed by atoms with E-state index in [4.69, 9.17) is 16.3 Å². The molecule has 0 aliphatic rings. The second kappa shape index (κ2) is 12.6. The number of ether oxygens (including phenoxy) is 2. The van der Waals surface area contributed by atoms with Gasteiger partial charge >= 0.3 is 18.1 Å². The summed E-state index contributed by atoms with van der Waals surface area (Å²) < 4.78 is 61.2. The van der Waals surface area contributed by atoms with Crippen molar-refractivity contribution in [3.8, 4) is 5.75 Å². The second-order valence-electron chi connectivity index (χ2n) is 6.12. The minimum atomic E-state index is -4.90. The van der Waals surface area contributed by atoms with Gasteiger partial charge in [0.1, 0.15) is 0 Å². The molecule has 4 nitrogen and oxygen atoms in total. The van der Waals surface area contributed by atoms with E-state index < -0.39 is 41.7 Å². The molecule has 0 atom stereocenters. The number of carbonyl (C=O) groups excluding carboxylic acids is 2. The average Bonchev–Trinajstić information content (AvgIpc) is 2.63. The summed E-state index contributed by atoms with van der Waals surface area (Å²) in [7, 11) is 0. The third-order valence-electron chi connectivity index (χ3n) is 3.82. The minimum Gasteiger partial charge on any atom is -0.466 e. The molecule has 158 valence electrons. The molecule has 0 aromatic heterocycles. The maximum Gasteiger partial charge on any atom is 0.419 e. The van der Waals surface area contributed by atoms with Gasteiger partial charge < -0.3 is 9.47 Å². The summed E-state index contributed by atoms with van der Waals surface area (Å²) in [4.78, 5) is 23.2. The lowest BCUT2D eigenvalue weighted by molar-refractivity contribution is -0.147. The van der Waals surface area contributed by atoms with Crippen LogP contribution in [0.15, 0.2) is 18.2 Å². The van der Waals surface area contributed by atoms with Gasteiger partial charge in [-0.05, 0) is 25.0 Å². The van der Waals surface area contributed by atoms with Crippen LogP contribution in [0.2, 0.25) is 0 Å². The monoisotopic (exact) mass is 426 g/mol. The first-order valence-electron chi connectivity index (χ1n) is 9.03. The van der Waals surface area contributed by atoms with Gasteiger partial charge in [-0.2, -0.15) is 13.2 Å². The van der Waals surface area contributed by atoms with Gasteiger partial charge in [0.15, 0.2) is 11.6 Å². The number of rotatable bonds is 12. The largest absolute Gasteiger partial charge is 0.466 e. The Bertz CT molecular complexity index is 635. The molecule has 0 amide bonds. The van der Waals surface area contributed by atoms with E-state index in [1.165, 1.54) is 0 Å². The third kappa shape index (κ3) is 9.39. The van der Waals surface area contributed by atoms with Crippen LogP contribution in [-0.4, -0.2) is 24.4 Å². The SMILES string of the molecule is O=C(CCC(=O)Oc1cccc(C(F)(F)F)c1F)OCCCCCCCCCl. The fourth-order valence-electron chi connectivity index (χ4n) is 2.35. The Labute approximate surface area is 166 Å². The third-order valence-corrected chi connectivity index (χ3v) is 4.08. The van der Waals surface area contributed by atoms with Crippen molar-refractivity contribution in [1.82, 2.24) is 0 Å². The first kappa shape index (κ1) is 24.2. The smallest absolute Gasteiger partial charge is 0.419 e. The van der Waals surface area contributed by atoms with Crippen LogP contribution < -0.4 is 4.74 Å². The maximum absolute atomic E-state index is 13.8. The van der Waals surface area contributed by atoms with Gasteiger partial charge in [-0.1, -0.05) is 31.7 Å². The lowest BCUT2D eigenvalue weighted by Crippen LogP contribution is -2.15. The molecule has 1 aromatic rings. The molecule has 0 unspecified atom stereocenters. The predicted molar refractivity (Wildman–Crippen MR) is 95.7 cm³/mol. The van der Waals surface area contributed by atoms with E-state index in [1.54, 1.807) is 0 Å².